The number of hydrogen-bond acceptors (Lipinski definition) is 3. The van der Waals surface area contributed by atoms with Gasteiger partial charge < -0.3 is 9.88 Å². The van der Waals surface area contributed by atoms with Crippen molar-refractivity contribution in [1.29, 1.82) is 0 Å². The van der Waals surface area contributed by atoms with E-state index in [1.54, 1.807) is 0 Å². The molecule has 0 saturated heterocycles. The van der Waals surface area contributed by atoms with Crippen LogP contribution >= 0.6 is 0 Å². The van der Waals surface area contributed by atoms with Gasteiger partial charge in [0, 0.05) is 31.7 Å². The summed E-state index contributed by atoms with van der Waals surface area (Å²) in [4.78, 5) is 18.8. The lowest BCUT2D eigenvalue weighted by molar-refractivity contribution is -0.115. The van der Waals surface area contributed by atoms with Crippen molar-refractivity contribution in [2.75, 3.05) is 11.9 Å². The second-order valence-corrected chi connectivity index (χ2v) is 6.48. The number of carbonyl (C=O) groups excluding carboxylic acids is 1. The van der Waals surface area contributed by atoms with E-state index in [0.717, 1.165) is 48.7 Å². The van der Waals surface area contributed by atoms with Crippen molar-refractivity contribution in [3.05, 3.63) is 59.9 Å². The van der Waals surface area contributed by atoms with Gasteiger partial charge in [-0.15, -0.1) is 0 Å². The number of carbonyl (C=O) groups is 1. The molecule has 0 fully saturated rings. The molecule has 0 spiro atoms. The third-order valence-corrected chi connectivity index (χ3v) is 4.69. The Balaban J connectivity index is 1.56. The SMILES string of the molecule is CCC(=O)Nc1ccc2c(c1)nc1n2CCN(Cc2ccccc2)C1. The summed E-state index contributed by atoms with van der Waals surface area (Å²) in [5.41, 5.74) is 4.24. The molecule has 5 nitrogen and oxygen atoms in total. The van der Waals surface area contributed by atoms with Crippen molar-refractivity contribution >= 4 is 22.6 Å². The van der Waals surface area contributed by atoms with Crippen LogP contribution in [0, 0.1) is 0 Å². The minimum atomic E-state index is 0.0253. The molecule has 2 aromatic carbocycles. The Labute approximate surface area is 147 Å². The number of rotatable bonds is 4. The molecule has 0 bridgehead atoms. The molecule has 3 aromatic rings. The lowest BCUT2D eigenvalue weighted by Crippen LogP contribution is -2.33. The molecule has 1 aliphatic heterocycles. The summed E-state index contributed by atoms with van der Waals surface area (Å²) in [6.07, 6.45) is 0.478. The van der Waals surface area contributed by atoms with Crippen molar-refractivity contribution in [2.45, 2.75) is 33.0 Å². The summed E-state index contributed by atoms with van der Waals surface area (Å²) < 4.78 is 2.29. The molecule has 0 saturated carbocycles. The predicted molar refractivity (Wildman–Crippen MR) is 99.2 cm³/mol. The summed E-state index contributed by atoms with van der Waals surface area (Å²) in [6, 6.07) is 16.5. The van der Waals surface area contributed by atoms with Crippen molar-refractivity contribution < 1.29 is 4.79 Å². The fraction of sp³-hybridized carbons (Fsp3) is 0.300. The Morgan fingerprint density at radius 3 is 2.80 bits per heavy atom. The molecule has 1 amide bonds. The van der Waals surface area contributed by atoms with E-state index in [4.69, 9.17) is 4.98 Å². The summed E-state index contributed by atoms with van der Waals surface area (Å²) >= 11 is 0. The molecule has 128 valence electrons. The van der Waals surface area contributed by atoms with Crippen LogP contribution in [0.1, 0.15) is 24.7 Å². The van der Waals surface area contributed by atoms with E-state index in [2.05, 4.69) is 45.1 Å². The van der Waals surface area contributed by atoms with Crippen molar-refractivity contribution in [1.82, 2.24) is 14.5 Å². The molecular formula is C20H22N4O. The van der Waals surface area contributed by atoms with Crippen LogP contribution in [-0.2, 0) is 24.4 Å². The van der Waals surface area contributed by atoms with Crippen molar-refractivity contribution in [3.63, 3.8) is 0 Å². The minimum absolute atomic E-state index is 0.0253. The monoisotopic (exact) mass is 334 g/mol. The number of anilines is 1. The van der Waals surface area contributed by atoms with E-state index < -0.39 is 0 Å². The predicted octanol–water partition coefficient (Wildman–Crippen LogP) is 3.40. The molecule has 0 aliphatic carbocycles. The van der Waals surface area contributed by atoms with Gasteiger partial charge in [-0.3, -0.25) is 9.69 Å². The first-order chi connectivity index (χ1) is 12.2. The van der Waals surface area contributed by atoms with Gasteiger partial charge in [0.1, 0.15) is 5.82 Å². The van der Waals surface area contributed by atoms with Crippen LogP contribution in [0.2, 0.25) is 0 Å². The maximum absolute atomic E-state index is 11.6. The normalized spacial score (nSPS) is 14.4. The Bertz CT molecular complexity index is 901. The quantitative estimate of drug-likeness (QED) is 0.795. The van der Waals surface area contributed by atoms with Gasteiger partial charge in [-0.2, -0.15) is 0 Å². The maximum Gasteiger partial charge on any atom is 0.224 e. The zero-order valence-corrected chi connectivity index (χ0v) is 14.4. The first-order valence-corrected chi connectivity index (χ1v) is 8.78. The Morgan fingerprint density at radius 2 is 2.00 bits per heavy atom. The van der Waals surface area contributed by atoms with E-state index in [1.807, 2.05) is 25.1 Å². The molecule has 0 unspecified atom stereocenters. The van der Waals surface area contributed by atoms with Gasteiger partial charge in [0.15, 0.2) is 0 Å². The van der Waals surface area contributed by atoms with Gasteiger partial charge in [0.25, 0.3) is 0 Å². The van der Waals surface area contributed by atoms with Crippen LogP contribution in [0.25, 0.3) is 11.0 Å². The summed E-state index contributed by atoms with van der Waals surface area (Å²) in [6.45, 7) is 5.60. The fourth-order valence-corrected chi connectivity index (χ4v) is 3.37. The van der Waals surface area contributed by atoms with Crippen LogP contribution in [-0.4, -0.2) is 26.9 Å². The Morgan fingerprint density at radius 1 is 1.16 bits per heavy atom. The summed E-state index contributed by atoms with van der Waals surface area (Å²) in [5, 5.41) is 2.91. The number of fused-ring (bicyclic) bond motifs is 3. The van der Waals surface area contributed by atoms with Crippen LogP contribution < -0.4 is 5.32 Å². The topological polar surface area (TPSA) is 50.2 Å². The molecular weight excluding hydrogens is 312 g/mol. The van der Waals surface area contributed by atoms with Gasteiger partial charge in [-0.05, 0) is 23.8 Å². The smallest absolute Gasteiger partial charge is 0.224 e. The standard InChI is InChI=1S/C20H22N4O/c1-2-20(25)21-16-8-9-18-17(12-16)22-19-14-23(10-11-24(18)19)13-15-6-4-3-5-7-15/h3-9,12H,2,10-11,13-14H2,1H3,(H,21,25). The number of aromatic nitrogens is 2. The third-order valence-electron chi connectivity index (χ3n) is 4.69. The van der Waals surface area contributed by atoms with Crippen molar-refractivity contribution in [3.8, 4) is 0 Å². The number of benzene rings is 2. The molecule has 1 aliphatic rings. The third kappa shape index (κ3) is 3.28. The lowest BCUT2D eigenvalue weighted by Gasteiger charge is -2.27. The fourth-order valence-electron chi connectivity index (χ4n) is 3.37. The number of nitrogens with one attached hydrogen (secondary N) is 1. The van der Waals surface area contributed by atoms with E-state index in [9.17, 15) is 4.79 Å². The average molecular weight is 334 g/mol. The van der Waals surface area contributed by atoms with Gasteiger partial charge >= 0.3 is 0 Å². The number of imidazole rings is 1. The lowest BCUT2D eigenvalue weighted by atomic mass is 10.2. The average Bonchev–Trinajstić information content (AvgIpc) is 2.99. The van der Waals surface area contributed by atoms with Gasteiger partial charge in [0.05, 0.1) is 17.6 Å². The largest absolute Gasteiger partial charge is 0.326 e. The molecule has 0 radical (unpaired) electrons. The second kappa shape index (κ2) is 6.69. The summed E-state index contributed by atoms with van der Waals surface area (Å²) in [7, 11) is 0. The number of nitrogens with zero attached hydrogens (tertiary/aromatic N) is 3. The van der Waals surface area contributed by atoms with Gasteiger partial charge in [-0.1, -0.05) is 37.3 Å². The highest BCUT2D eigenvalue weighted by molar-refractivity contribution is 5.93. The van der Waals surface area contributed by atoms with Crippen LogP contribution in [0.15, 0.2) is 48.5 Å². The number of hydrogen-bond donors (Lipinski definition) is 1. The van der Waals surface area contributed by atoms with E-state index in [1.165, 1.54) is 5.56 Å². The number of amides is 1. The van der Waals surface area contributed by atoms with Crippen LogP contribution in [0.4, 0.5) is 5.69 Å². The zero-order valence-electron chi connectivity index (χ0n) is 14.4. The Kier molecular flexibility index (Phi) is 4.24. The highest BCUT2D eigenvalue weighted by atomic mass is 16.1. The maximum atomic E-state index is 11.6. The summed E-state index contributed by atoms with van der Waals surface area (Å²) in [5.74, 6) is 1.12. The molecule has 25 heavy (non-hydrogen) atoms. The van der Waals surface area contributed by atoms with E-state index >= 15 is 0 Å². The second-order valence-electron chi connectivity index (χ2n) is 6.48. The first kappa shape index (κ1) is 15.8. The first-order valence-electron chi connectivity index (χ1n) is 8.78. The van der Waals surface area contributed by atoms with Crippen LogP contribution in [0.3, 0.4) is 0 Å². The minimum Gasteiger partial charge on any atom is -0.326 e. The molecule has 5 heteroatoms. The molecule has 1 N–H and O–H groups in total. The molecule has 4 rings (SSSR count). The van der Waals surface area contributed by atoms with Crippen LogP contribution in [0.5, 0.6) is 0 Å². The molecule has 1 aromatic heterocycles. The van der Waals surface area contributed by atoms with E-state index in [-0.39, 0.29) is 5.91 Å². The zero-order chi connectivity index (χ0) is 17.2. The van der Waals surface area contributed by atoms with Gasteiger partial charge in [0.2, 0.25) is 5.91 Å². The van der Waals surface area contributed by atoms with Crippen molar-refractivity contribution in [2.24, 2.45) is 0 Å². The highest BCUT2D eigenvalue weighted by Gasteiger charge is 2.20. The molecule has 2 heterocycles. The Hall–Kier alpha value is -2.66. The van der Waals surface area contributed by atoms with E-state index in [0.29, 0.717) is 6.42 Å². The highest BCUT2D eigenvalue weighted by Crippen LogP contribution is 2.24. The molecule has 0 atom stereocenters. The van der Waals surface area contributed by atoms with Gasteiger partial charge in [-0.25, -0.2) is 4.98 Å².